The number of ether oxygens (including phenoxy) is 2. The number of carbonyl (C=O) groups excluding carboxylic acids is 1. The molecule has 3 rings (SSSR count). The third-order valence-corrected chi connectivity index (χ3v) is 5.54. The average Bonchev–Trinajstić information content (AvgIpc) is 2.64. The van der Waals surface area contributed by atoms with Gasteiger partial charge in [-0.2, -0.15) is 0 Å². The van der Waals surface area contributed by atoms with Gasteiger partial charge in [0, 0.05) is 25.2 Å². The van der Waals surface area contributed by atoms with Crippen LogP contribution in [0.25, 0.3) is 6.08 Å². The van der Waals surface area contributed by atoms with E-state index in [0.29, 0.717) is 16.1 Å². The standard InChI is InChI=1S/C19H23Cl2NO3.ClH/c20-15-7-5-14(13-16(15)21)6-8-19(23)25-18-4-2-1-3-17(18)22-9-11-24-12-10-22;/h5-8,13,17-18H,1-4,9-12H2;1H/t17-,18-;/m1./s1. The number of carbonyl (C=O) groups is 1. The molecule has 26 heavy (non-hydrogen) atoms. The summed E-state index contributed by atoms with van der Waals surface area (Å²) in [5.74, 6) is -0.309. The molecule has 1 aromatic carbocycles. The summed E-state index contributed by atoms with van der Waals surface area (Å²) < 4.78 is 11.2. The van der Waals surface area contributed by atoms with Gasteiger partial charge in [0.2, 0.25) is 0 Å². The predicted molar refractivity (Wildman–Crippen MR) is 107 cm³/mol. The summed E-state index contributed by atoms with van der Waals surface area (Å²) in [5, 5.41) is 0.966. The fourth-order valence-corrected chi connectivity index (χ4v) is 3.82. The molecular formula is C19H24Cl3NO3. The summed E-state index contributed by atoms with van der Waals surface area (Å²) >= 11 is 11.9. The molecule has 0 N–H and O–H groups in total. The van der Waals surface area contributed by atoms with Crippen molar-refractivity contribution in [3.8, 4) is 0 Å². The zero-order valence-electron chi connectivity index (χ0n) is 14.5. The summed E-state index contributed by atoms with van der Waals surface area (Å²) in [6.07, 6.45) is 7.42. The van der Waals surface area contributed by atoms with Gasteiger partial charge in [-0.25, -0.2) is 4.79 Å². The van der Waals surface area contributed by atoms with Gasteiger partial charge in [0.25, 0.3) is 0 Å². The summed E-state index contributed by atoms with van der Waals surface area (Å²) in [5.41, 5.74) is 0.819. The summed E-state index contributed by atoms with van der Waals surface area (Å²) in [7, 11) is 0. The van der Waals surface area contributed by atoms with Gasteiger partial charge in [-0.1, -0.05) is 35.7 Å². The number of esters is 1. The van der Waals surface area contributed by atoms with Crippen LogP contribution in [0.4, 0.5) is 0 Å². The van der Waals surface area contributed by atoms with E-state index < -0.39 is 0 Å². The van der Waals surface area contributed by atoms with Crippen LogP contribution in [0.1, 0.15) is 31.2 Å². The van der Waals surface area contributed by atoms with Gasteiger partial charge in [0.1, 0.15) is 6.10 Å². The molecule has 0 aromatic heterocycles. The van der Waals surface area contributed by atoms with Gasteiger partial charge in [-0.15, -0.1) is 12.4 Å². The summed E-state index contributed by atoms with van der Waals surface area (Å²) in [6, 6.07) is 5.56. The number of benzene rings is 1. The topological polar surface area (TPSA) is 38.8 Å². The van der Waals surface area contributed by atoms with Crippen LogP contribution >= 0.6 is 35.6 Å². The Balaban J connectivity index is 0.00000243. The Labute approximate surface area is 170 Å². The maximum absolute atomic E-state index is 12.3. The molecule has 0 bridgehead atoms. The van der Waals surface area contributed by atoms with Crippen LogP contribution in [0.2, 0.25) is 10.0 Å². The predicted octanol–water partition coefficient (Wildman–Crippen LogP) is 4.62. The van der Waals surface area contributed by atoms with E-state index in [-0.39, 0.29) is 24.5 Å². The number of nitrogens with zero attached hydrogens (tertiary/aromatic N) is 1. The fraction of sp³-hybridized carbons (Fsp3) is 0.526. The molecule has 1 saturated carbocycles. The Morgan fingerprint density at radius 2 is 1.88 bits per heavy atom. The van der Waals surface area contributed by atoms with E-state index in [0.717, 1.165) is 51.1 Å². The van der Waals surface area contributed by atoms with E-state index >= 15 is 0 Å². The summed E-state index contributed by atoms with van der Waals surface area (Å²) in [4.78, 5) is 14.7. The molecule has 0 unspecified atom stereocenters. The molecule has 2 atom stereocenters. The van der Waals surface area contributed by atoms with Crippen molar-refractivity contribution in [3.63, 3.8) is 0 Å². The van der Waals surface area contributed by atoms with Crippen molar-refractivity contribution < 1.29 is 14.3 Å². The van der Waals surface area contributed by atoms with Crippen molar-refractivity contribution >= 4 is 47.7 Å². The minimum absolute atomic E-state index is 0. The second-order valence-corrected chi connectivity index (χ2v) is 7.30. The van der Waals surface area contributed by atoms with Gasteiger partial charge >= 0.3 is 5.97 Å². The molecule has 0 amide bonds. The SMILES string of the molecule is Cl.O=C(C=Cc1ccc(Cl)c(Cl)c1)O[C@@H]1CCCC[C@H]1N1CCOCC1. The smallest absolute Gasteiger partial charge is 0.331 e. The van der Waals surface area contributed by atoms with Gasteiger partial charge < -0.3 is 9.47 Å². The molecule has 0 spiro atoms. The van der Waals surface area contributed by atoms with Crippen LogP contribution in [0, 0.1) is 0 Å². The van der Waals surface area contributed by atoms with Crippen molar-refractivity contribution in [1.29, 1.82) is 0 Å². The highest BCUT2D eigenvalue weighted by Crippen LogP contribution is 2.27. The molecule has 1 heterocycles. The van der Waals surface area contributed by atoms with E-state index in [2.05, 4.69) is 4.90 Å². The van der Waals surface area contributed by atoms with Gasteiger partial charge in [-0.3, -0.25) is 4.90 Å². The largest absolute Gasteiger partial charge is 0.458 e. The van der Waals surface area contributed by atoms with Crippen LogP contribution in [0.15, 0.2) is 24.3 Å². The first kappa shape index (κ1) is 21.5. The lowest BCUT2D eigenvalue weighted by molar-refractivity contribution is -0.149. The monoisotopic (exact) mass is 419 g/mol. The third-order valence-electron chi connectivity index (χ3n) is 4.81. The van der Waals surface area contributed by atoms with Crippen LogP contribution < -0.4 is 0 Å². The van der Waals surface area contributed by atoms with Crippen molar-refractivity contribution in [2.45, 2.75) is 37.8 Å². The molecule has 1 saturated heterocycles. The molecule has 1 aliphatic heterocycles. The molecule has 144 valence electrons. The Morgan fingerprint density at radius 3 is 2.62 bits per heavy atom. The number of rotatable bonds is 4. The average molecular weight is 421 g/mol. The Bertz CT molecular complexity index is 632. The van der Waals surface area contributed by atoms with Crippen molar-refractivity contribution in [2.24, 2.45) is 0 Å². The fourth-order valence-electron chi connectivity index (χ4n) is 3.51. The van der Waals surface area contributed by atoms with Crippen molar-refractivity contribution in [2.75, 3.05) is 26.3 Å². The summed E-state index contributed by atoms with van der Waals surface area (Å²) in [6.45, 7) is 3.35. The van der Waals surface area contributed by atoms with E-state index in [1.165, 1.54) is 12.5 Å². The number of hydrogen-bond donors (Lipinski definition) is 0. The first-order chi connectivity index (χ1) is 12.1. The highest BCUT2D eigenvalue weighted by Gasteiger charge is 2.33. The van der Waals surface area contributed by atoms with E-state index in [9.17, 15) is 4.79 Å². The molecule has 4 nitrogen and oxygen atoms in total. The Hall–Kier alpha value is -0.780. The first-order valence-corrected chi connectivity index (χ1v) is 9.54. The third kappa shape index (κ3) is 5.86. The molecule has 2 aliphatic rings. The lowest BCUT2D eigenvalue weighted by Crippen LogP contribution is -2.51. The first-order valence-electron chi connectivity index (χ1n) is 8.79. The highest BCUT2D eigenvalue weighted by atomic mass is 35.5. The normalized spacial score (nSPS) is 24.2. The van der Waals surface area contributed by atoms with Crippen LogP contribution in [0.3, 0.4) is 0 Å². The van der Waals surface area contributed by atoms with E-state index in [1.54, 1.807) is 18.2 Å². The minimum atomic E-state index is -0.309. The lowest BCUT2D eigenvalue weighted by atomic mass is 9.91. The molecule has 7 heteroatoms. The second-order valence-electron chi connectivity index (χ2n) is 6.48. The maximum Gasteiger partial charge on any atom is 0.331 e. The van der Waals surface area contributed by atoms with Gasteiger partial charge in [0.05, 0.1) is 23.3 Å². The molecule has 1 aromatic rings. The van der Waals surface area contributed by atoms with Crippen molar-refractivity contribution in [3.05, 3.63) is 39.9 Å². The number of halogens is 3. The van der Waals surface area contributed by atoms with Crippen LogP contribution in [0.5, 0.6) is 0 Å². The Kier molecular flexibility index (Phi) is 8.71. The number of morpholine rings is 1. The van der Waals surface area contributed by atoms with Gasteiger partial charge in [-0.05, 0) is 43.0 Å². The second kappa shape index (κ2) is 10.5. The molecule has 2 fully saturated rings. The Morgan fingerprint density at radius 1 is 1.15 bits per heavy atom. The zero-order valence-corrected chi connectivity index (χ0v) is 16.9. The minimum Gasteiger partial charge on any atom is -0.458 e. The van der Waals surface area contributed by atoms with Crippen LogP contribution in [-0.2, 0) is 14.3 Å². The van der Waals surface area contributed by atoms with Crippen molar-refractivity contribution in [1.82, 2.24) is 4.90 Å². The van der Waals surface area contributed by atoms with E-state index in [4.69, 9.17) is 32.7 Å². The number of hydrogen-bond acceptors (Lipinski definition) is 4. The zero-order chi connectivity index (χ0) is 17.6. The molecular weight excluding hydrogens is 397 g/mol. The van der Waals surface area contributed by atoms with Gasteiger partial charge in [0.15, 0.2) is 0 Å². The van der Waals surface area contributed by atoms with E-state index in [1.807, 2.05) is 6.07 Å². The quantitative estimate of drug-likeness (QED) is 0.526. The maximum atomic E-state index is 12.3. The highest BCUT2D eigenvalue weighted by molar-refractivity contribution is 6.42. The molecule has 0 radical (unpaired) electrons. The molecule has 1 aliphatic carbocycles. The van der Waals surface area contributed by atoms with Crippen LogP contribution in [-0.4, -0.2) is 49.3 Å². The lowest BCUT2D eigenvalue weighted by Gasteiger charge is -2.40.